The molecule has 11 aromatic rings. The van der Waals surface area contributed by atoms with Crippen LogP contribution in [0.15, 0.2) is 218 Å². The van der Waals surface area contributed by atoms with E-state index in [-0.39, 0.29) is 6.04 Å². The Bertz CT molecular complexity index is 3410. The van der Waals surface area contributed by atoms with Crippen molar-refractivity contribution in [1.29, 1.82) is 0 Å². The predicted octanol–water partition coefficient (Wildman–Crippen LogP) is 16.7. The van der Waals surface area contributed by atoms with Crippen LogP contribution in [0.3, 0.4) is 0 Å². The van der Waals surface area contributed by atoms with Crippen molar-refractivity contribution < 1.29 is 0 Å². The maximum Gasteiger partial charge on any atom is 0.0569 e. The summed E-state index contributed by atoms with van der Waals surface area (Å²) >= 11 is 0. The predicted molar refractivity (Wildman–Crippen MR) is 258 cm³/mol. The lowest BCUT2D eigenvalue weighted by molar-refractivity contribution is 0.778. The molecule has 0 heterocycles. The first kappa shape index (κ1) is 35.7. The number of para-hydroxylation sites is 2. The summed E-state index contributed by atoms with van der Waals surface area (Å²) < 4.78 is 0. The highest BCUT2D eigenvalue weighted by Crippen LogP contribution is 2.48. The standard InChI is InChI=1S/C59H43N/c1-39-17-6-15-30-57(39)60(46-22-4-3-5-23-46)40(2)47-35-36-49(51-26-12-11-25-50(47)51)44-33-34-55-56(38-44)58(45-32-31-41-18-7-8-20-43(41)37-45)53-27-13-14-28-54(53)59(55)52-29-16-21-42-19-9-10-24-48(42)52/h3-38,40H,1-2H3. The van der Waals surface area contributed by atoms with Gasteiger partial charge in [0.1, 0.15) is 0 Å². The third-order valence-corrected chi connectivity index (χ3v) is 12.6. The molecule has 0 aromatic heterocycles. The molecule has 1 nitrogen and oxygen atoms in total. The second kappa shape index (κ2) is 14.7. The van der Waals surface area contributed by atoms with Crippen LogP contribution in [0, 0.1) is 6.92 Å². The van der Waals surface area contributed by atoms with E-state index in [9.17, 15) is 0 Å². The lowest BCUT2D eigenvalue weighted by atomic mass is 9.83. The Kier molecular flexibility index (Phi) is 8.75. The summed E-state index contributed by atoms with van der Waals surface area (Å²) in [6, 6.07) is 80.7. The first-order valence-corrected chi connectivity index (χ1v) is 21.0. The van der Waals surface area contributed by atoms with Crippen LogP contribution >= 0.6 is 0 Å². The molecule has 60 heavy (non-hydrogen) atoms. The van der Waals surface area contributed by atoms with Gasteiger partial charge in [-0.05, 0) is 143 Å². The highest BCUT2D eigenvalue weighted by Gasteiger charge is 2.24. The lowest BCUT2D eigenvalue weighted by Gasteiger charge is -2.34. The SMILES string of the molecule is Cc1ccccc1N(c1ccccc1)C(C)c1ccc(-c2ccc3c(-c4cccc5ccccc45)c4ccccc4c(-c4ccc5ccccc5c4)c3c2)c2ccccc12. The van der Waals surface area contributed by atoms with Crippen molar-refractivity contribution in [3.05, 3.63) is 230 Å². The fraction of sp³-hybridized carbons (Fsp3) is 0.0508. The van der Waals surface area contributed by atoms with Gasteiger partial charge in [0.25, 0.3) is 0 Å². The highest BCUT2D eigenvalue weighted by molar-refractivity contribution is 6.24. The number of hydrogen-bond donors (Lipinski definition) is 0. The van der Waals surface area contributed by atoms with Gasteiger partial charge in [-0.2, -0.15) is 0 Å². The van der Waals surface area contributed by atoms with E-state index in [0.29, 0.717) is 0 Å². The topological polar surface area (TPSA) is 3.24 Å². The van der Waals surface area contributed by atoms with E-state index in [1.54, 1.807) is 0 Å². The zero-order chi connectivity index (χ0) is 40.2. The van der Waals surface area contributed by atoms with Gasteiger partial charge in [-0.25, -0.2) is 0 Å². The minimum atomic E-state index is 0.0678. The second-order valence-corrected chi connectivity index (χ2v) is 16.1. The normalized spacial score (nSPS) is 12.1. The zero-order valence-electron chi connectivity index (χ0n) is 33.8. The molecule has 11 aromatic carbocycles. The Hall–Kier alpha value is -7.48. The molecular formula is C59H43N. The van der Waals surface area contributed by atoms with Gasteiger partial charge in [-0.3, -0.25) is 0 Å². The number of nitrogens with zero attached hydrogens (tertiary/aromatic N) is 1. The summed E-state index contributed by atoms with van der Waals surface area (Å²) in [4.78, 5) is 2.49. The number of fused-ring (bicyclic) bond motifs is 5. The molecule has 0 aliphatic carbocycles. The van der Waals surface area contributed by atoms with Crippen molar-refractivity contribution in [3.8, 4) is 33.4 Å². The van der Waals surface area contributed by atoms with E-state index >= 15 is 0 Å². The van der Waals surface area contributed by atoms with Crippen LogP contribution in [0.4, 0.5) is 11.4 Å². The summed E-state index contributed by atoms with van der Waals surface area (Å²) in [7, 11) is 0. The summed E-state index contributed by atoms with van der Waals surface area (Å²) in [5.74, 6) is 0. The Morgan fingerprint density at radius 1 is 0.350 bits per heavy atom. The van der Waals surface area contributed by atoms with Crippen LogP contribution in [-0.4, -0.2) is 0 Å². The second-order valence-electron chi connectivity index (χ2n) is 16.1. The molecule has 1 atom stereocenters. The number of aryl methyl sites for hydroxylation is 1. The minimum absolute atomic E-state index is 0.0678. The van der Waals surface area contributed by atoms with E-state index in [1.807, 2.05) is 0 Å². The van der Waals surface area contributed by atoms with Crippen LogP contribution in [0.5, 0.6) is 0 Å². The number of benzene rings is 11. The monoisotopic (exact) mass is 765 g/mol. The Labute approximate surface area is 351 Å². The fourth-order valence-electron chi connectivity index (χ4n) is 9.81. The summed E-state index contributed by atoms with van der Waals surface area (Å²) in [5.41, 5.74) is 12.4. The van der Waals surface area contributed by atoms with Gasteiger partial charge in [-0.15, -0.1) is 0 Å². The molecule has 11 rings (SSSR count). The lowest BCUT2D eigenvalue weighted by Crippen LogP contribution is -2.22. The van der Waals surface area contributed by atoms with E-state index in [4.69, 9.17) is 0 Å². The Morgan fingerprint density at radius 2 is 0.950 bits per heavy atom. The molecule has 284 valence electrons. The molecule has 0 spiro atoms. The van der Waals surface area contributed by atoms with E-state index in [1.165, 1.54) is 110 Å². The average molecular weight is 766 g/mol. The maximum absolute atomic E-state index is 2.49. The summed E-state index contributed by atoms with van der Waals surface area (Å²) in [6.07, 6.45) is 0. The molecule has 0 radical (unpaired) electrons. The summed E-state index contributed by atoms with van der Waals surface area (Å²) in [6.45, 7) is 4.55. The molecule has 0 saturated heterocycles. The van der Waals surface area contributed by atoms with E-state index < -0.39 is 0 Å². The highest BCUT2D eigenvalue weighted by atomic mass is 15.2. The zero-order valence-corrected chi connectivity index (χ0v) is 33.8. The van der Waals surface area contributed by atoms with Gasteiger partial charge in [0.05, 0.1) is 6.04 Å². The number of hydrogen-bond acceptors (Lipinski definition) is 1. The quantitative estimate of drug-likeness (QED) is 0.146. The van der Waals surface area contributed by atoms with Crippen molar-refractivity contribution in [2.24, 2.45) is 0 Å². The molecule has 1 unspecified atom stereocenters. The molecule has 1 heteroatoms. The fourth-order valence-corrected chi connectivity index (χ4v) is 9.81. The van der Waals surface area contributed by atoms with Gasteiger partial charge in [0, 0.05) is 11.4 Å². The van der Waals surface area contributed by atoms with E-state index in [2.05, 4.69) is 237 Å². The van der Waals surface area contributed by atoms with Crippen molar-refractivity contribution in [2.75, 3.05) is 4.90 Å². The molecule has 0 amide bonds. The number of rotatable bonds is 7. The van der Waals surface area contributed by atoms with Crippen molar-refractivity contribution in [2.45, 2.75) is 19.9 Å². The van der Waals surface area contributed by atoms with Crippen molar-refractivity contribution in [3.63, 3.8) is 0 Å². The van der Waals surface area contributed by atoms with Crippen molar-refractivity contribution >= 4 is 65.2 Å². The van der Waals surface area contributed by atoms with Crippen LogP contribution < -0.4 is 4.90 Å². The first-order chi connectivity index (χ1) is 29.6. The molecule has 0 aliphatic rings. The van der Waals surface area contributed by atoms with Gasteiger partial charge in [-0.1, -0.05) is 188 Å². The van der Waals surface area contributed by atoms with Crippen LogP contribution in [-0.2, 0) is 0 Å². The minimum Gasteiger partial charge on any atom is -0.334 e. The average Bonchev–Trinajstić information content (AvgIpc) is 3.31. The van der Waals surface area contributed by atoms with Gasteiger partial charge in [0.15, 0.2) is 0 Å². The molecule has 0 bridgehead atoms. The summed E-state index contributed by atoms with van der Waals surface area (Å²) in [5, 5.41) is 12.5. The third kappa shape index (κ3) is 5.93. The molecule has 0 fully saturated rings. The Balaban J connectivity index is 1.16. The van der Waals surface area contributed by atoms with Gasteiger partial charge in [0.2, 0.25) is 0 Å². The van der Waals surface area contributed by atoms with Crippen LogP contribution in [0.25, 0.3) is 87.2 Å². The van der Waals surface area contributed by atoms with Crippen LogP contribution in [0.2, 0.25) is 0 Å². The van der Waals surface area contributed by atoms with Crippen LogP contribution in [0.1, 0.15) is 24.1 Å². The third-order valence-electron chi connectivity index (χ3n) is 12.6. The molecular weight excluding hydrogens is 723 g/mol. The maximum atomic E-state index is 2.49. The smallest absolute Gasteiger partial charge is 0.0569 e. The Morgan fingerprint density at radius 3 is 1.75 bits per heavy atom. The van der Waals surface area contributed by atoms with Gasteiger partial charge < -0.3 is 4.90 Å². The largest absolute Gasteiger partial charge is 0.334 e. The first-order valence-electron chi connectivity index (χ1n) is 21.0. The molecule has 0 saturated carbocycles. The van der Waals surface area contributed by atoms with Gasteiger partial charge >= 0.3 is 0 Å². The number of anilines is 2. The molecule has 0 aliphatic heterocycles. The van der Waals surface area contributed by atoms with Crippen molar-refractivity contribution in [1.82, 2.24) is 0 Å². The van der Waals surface area contributed by atoms with E-state index in [0.717, 1.165) is 0 Å². The molecule has 0 N–H and O–H groups in total.